The number of nitrogens with one attached hydrogen (secondary N) is 1. The van der Waals surface area contributed by atoms with Crippen LogP contribution in [0.15, 0.2) is 30.5 Å². The lowest BCUT2D eigenvalue weighted by atomic mass is 9.77. The van der Waals surface area contributed by atoms with Crippen molar-refractivity contribution in [3.63, 3.8) is 0 Å². The van der Waals surface area contributed by atoms with Crippen LogP contribution in [0, 0.1) is 17.6 Å². The number of pyridine rings is 1. The van der Waals surface area contributed by atoms with Gasteiger partial charge in [-0.1, -0.05) is 13.0 Å². The monoisotopic (exact) mass is 459 g/mol. The minimum absolute atomic E-state index is 0.0103. The second-order valence-corrected chi connectivity index (χ2v) is 7.54. The van der Waals surface area contributed by atoms with Gasteiger partial charge in [-0.2, -0.15) is 17.6 Å². The fraction of sp³-hybridized carbons (Fsp3) is 0.350. The van der Waals surface area contributed by atoms with Gasteiger partial charge in [0.25, 0.3) is 11.8 Å². The number of alkyl halides is 3. The first-order valence-electron chi connectivity index (χ1n) is 9.26. The highest BCUT2D eigenvalue weighted by molar-refractivity contribution is 5.97. The molecule has 0 bridgehead atoms. The molecule has 32 heavy (non-hydrogen) atoms. The Morgan fingerprint density at radius 3 is 2.50 bits per heavy atom. The molecule has 1 saturated heterocycles. The first-order valence-corrected chi connectivity index (χ1v) is 9.26. The molecule has 2 aromatic rings. The van der Waals surface area contributed by atoms with Crippen molar-refractivity contribution >= 4 is 17.5 Å². The molecule has 3 rings (SSSR count). The van der Waals surface area contributed by atoms with E-state index >= 15 is 0 Å². The molecule has 12 heteroatoms. The lowest BCUT2D eigenvalue weighted by molar-refractivity contribution is -0.272. The predicted octanol–water partition coefficient (Wildman–Crippen LogP) is 3.24. The van der Waals surface area contributed by atoms with Crippen molar-refractivity contribution in [1.29, 1.82) is 0 Å². The zero-order valence-corrected chi connectivity index (χ0v) is 16.7. The van der Waals surface area contributed by atoms with E-state index in [2.05, 4.69) is 10.3 Å². The third kappa shape index (κ3) is 3.85. The number of aromatic hydroxyl groups is 1. The summed E-state index contributed by atoms with van der Waals surface area (Å²) < 4.78 is 74.0. The number of amides is 2. The zero-order chi connectivity index (χ0) is 24.0. The lowest BCUT2D eigenvalue weighted by Crippen LogP contribution is -2.47. The first-order chi connectivity index (χ1) is 14.8. The Bertz CT molecular complexity index is 1080. The summed E-state index contributed by atoms with van der Waals surface area (Å²) in [4.78, 5) is 27.9. The number of hydrogen-bond donors (Lipinski definition) is 3. The number of carbonyl (C=O) groups is 2. The molecule has 1 aliphatic rings. The summed E-state index contributed by atoms with van der Waals surface area (Å²) in [6, 6.07) is 3.90. The molecule has 0 spiro atoms. The molecule has 0 radical (unpaired) electrons. The van der Waals surface area contributed by atoms with Crippen molar-refractivity contribution in [2.24, 2.45) is 11.7 Å². The molecular weight excluding hydrogens is 441 g/mol. The zero-order valence-electron chi connectivity index (χ0n) is 16.7. The van der Waals surface area contributed by atoms with Crippen LogP contribution in [-0.4, -0.2) is 39.8 Å². The number of hydrogen-bond acceptors (Lipinski definition) is 5. The molecule has 1 aliphatic heterocycles. The SMILES string of the molecule is C[C@H]1[C@@H](c2ccc(F)c(F)c2O)[C@@H](C(=O)Nc2ccnc(C(N)=O)c2)O[C@@]1(C)C(F)(F)F. The number of aromatic nitrogens is 1. The second kappa shape index (κ2) is 8.01. The molecule has 7 nitrogen and oxygen atoms in total. The van der Waals surface area contributed by atoms with Crippen LogP contribution in [0.25, 0.3) is 0 Å². The van der Waals surface area contributed by atoms with E-state index in [1.54, 1.807) is 0 Å². The highest BCUT2D eigenvalue weighted by atomic mass is 19.4. The number of benzene rings is 1. The third-order valence-electron chi connectivity index (χ3n) is 5.67. The molecule has 0 aliphatic carbocycles. The van der Waals surface area contributed by atoms with E-state index < -0.39 is 64.5 Å². The van der Waals surface area contributed by atoms with Gasteiger partial charge in [-0.25, -0.2) is 4.39 Å². The van der Waals surface area contributed by atoms with E-state index in [0.29, 0.717) is 6.07 Å². The topological polar surface area (TPSA) is 115 Å². The smallest absolute Gasteiger partial charge is 0.417 e. The van der Waals surface area contributed by atoms with Gasteiger partial charge >= 0.3 is 6.18 Å². The Morgan fingerprint density at radius 1 is 1.25 bits per heavy atom. The Kier molecular flexibility index (Phi) is 5.85. The van der Waals surface area contributed by atoms with Gasteiger partial charge in [0.15, 0.2) is 17.2 Å². The van der Waals surface area contributed by atoms with Gasteiger partial charge in [-0.15, -0.1) is 0 Å². The highest BCUT2D eigenvalue weighted by Gasteiger charge is 2.65. The number of rotatable bonds is 4. The maximum atomic E-state index is 14.0. The molecular formula is C20H18F5N3O4. The van der Waals surface area contributed by atoms with E-state index in [1.165, 1.54) is 6.07 Å². The fourth-order valence-electron chi connectivity index (χ4n) is 3.70. The largest absolute Gasteiger partial charge is 0.505 e. The van der Waals surface area contributed by atoms with Crippen LogP contribution in [0.3, 0.4) is 0 Å². The number of nitrogens with two attached hydrogens (primary N) is 1. The van der Waals surface area contributed by atoms with Gasteiger partial charge in [0.05, 0.1) is 0 Å². The standard InChI is InChI=1S/C20H18F5N3O4/c1-8-13(10-3-4-11(21)14(22)15(10)29)16(32-19(8,2)20(23,24)25)18(31)28-9-5-6-27-12(7-9)17(26)30/h3-8,13,16,29H,1-2H3,(H2,26,30)(H,27,28,31)/t8-,13-,16-,19+/m0/s1. The molecule has 2 heterocycles. The maximum Gasteiger partial charge on any atom is 0.417 e. The van der Waals surface area contributed by atoms with Crippen molar-refractivity contribution in [1.82, 2.24) is 4.98 Å². The summed E-state index contributed by atoms with van der Waals surface area (Å²) in [7, 11) is 0. The van der Waals surface area contributed by atoms with Gasteiger partial charge < -0.3 is 20.9 Å². The minimum atomic E-state index is -4.93. The van der Waals surface area contributed by atoms with Crippen molar-refractivity contribution in [3.05, 3.63) is 53.4 Å². The third-order valence-corrected chi connectivity index (χ3v) is 5.67. The Morgan fingerprint density at radius 2 is 1.91 bits per heavy atom. The number of phenolic OH excluding ortho intramolecular Hbond substituents is 1. The van der Waals surface area contributed by atoms with E-state index in [9.17, 15) is 36.6 Å². The van der Waals surface area contributed by atoms with Gasteiger partial charge in [0, 0.05) is 29.3 Å². The molecule has 1 fully saturated rings. The predicted molar refractivity (Wildman–Crippen MR) is 101 cm³/mol. The van der Waals surface area contributed by atoms with E-state index in [-0.39, 0.29) is 11.4 Å². The Balaban J connectivity index is 2.05. The van der Waals surface area contributed by atoms with Gasteiger partial charge in [-0.05, 0) is 25.1 Å². The van der Waals surface area contributed by atoms with Crippen molar-refractivity contribution in [3.8, 4) is 5.75 Å². The number of primary amides is 1. The summed E-state index contributed by atoms with van der Waals surface area (Å²) in [6.45, 7) is 1.86. The molecule has 4 atom stereocenters. The number of halogens is 5. The molecule has 172 valence electrons. The summed E-state index contributed by atoms with van der Waals surface area (Å²) in [5.74, 6) is -9.22. The van der Waals surface area contributed by atoms with Crippen LogP contribution >= 0.6 is 0 Å². The van der Waals surface area contributed by atoms with Crippen LogP contribution in [0.1, 0.15) is 35.8 Å². The Labute approximate surface area is 178 Å². The first kappa shape index (κ1) is 23.4. The Hall–Kier alpha value is -3.28. The number of nitrogens with zero attached hydrogens (tertiary/aromatic N) is 1. The average molecular weight is 459 g/mol. The fourth-order valence-corrected chi connectivity index (χ4v) is 3.70. The molecule has 1 aromatic carbocycles. The molecule has 2 amide bonds. The molecule has 0 unspecified atom stereocenters. The van der Waals surface area contributed by atoms with Crippen molar-refractivity contribution in [2.75, 3.05) is 5.32 Å². The summed E-state index contributed by atoms with van der Waals surface area (Å²) in [5, 5.41) is 12.4. The van der Waals surface area contributed by atoms with Crippen LogP contribution in [0.5, 0.6) is 5.75 Å². The van der Waals surface area contributed by atoms with E-state index in [4.69, 9.17) is 10.5 Å². The quantitative estimate of drug-likeness (QED) is 0.608. The van der Waals surface area contributed by atoms with Gasteiger partial charge in [-0.3, -0.25) is 14.6 Å². The minimum Gasteiger partial charge on any atom is -0.505 e. The van der Waals surface area contributed by atoms with E-state index in [1.807, 2.05) is 0 Å². The number of ether oxygens (including phenoxy) is 1. The summed E-state index contributed by atoms with van der Waals surface area (Å²) >= 11 is 0. The van der Waals surface area contributed by atoms with Crippen LogP contribution in [0.2, 0.25) is 0 Å². The normalized spacial score (nSPS) is 25.5. The number of anilines is 1. The summed E-state index contributed by atoms with van der Waals surface area (Å²) in [5.41, 5.74) is 1.64. The van der Waals surface area contributed by atoms with Gasteiger partial charge in [0.2, 0.25) is 5.82 Å². The highest BCUT2D eigenvalue weighted by Crippen LogP contribution is 2.54. The maximum absolute atomic E-state index is 14.0. The molecule has 0 saturated carbocycles. The van der Waals surface area contributed by atoms with Gasteiger partial charge in [0.1, 0.15) is 11.8 Å². The van der Waals surface area contributed by atoms with Crippen LogP contribution < -0.4 is 11.1 Å². The molecule has 1 aromatic heterocycles. The van der Waals surface area contributed by atoms with Crippen LogP contribution in [-0.2, 0) is 9.53 Å². The molecule has 4 N–H and O–H groups in total. The van der Waals surface area contributed by atoms with Crippen molar-refractivity contribution < 1.29 is 41.4 Å². The number of phenols is 1. The lowest BCUT2D eigenvalue weighted by Gasteiger charge is -2.31. The van der Waals surface area contributed by atoms with E-state index in [0.717, 1.165) is 32.2 Å². The second-order valence-electron chi connectivity index (χ2n) is 7.54. The van der Waals surface area contributed by atoms with Crippen LogP contribution in [0.4, 0.5) is 27.6 Å². The summed E-state index contributed by atoms with van der Waals surface area (Å²) in [6.07, 6.45) is -5.63. The number of carbonyl (C=O) groups excluding carboxylic acids is 2. The average Bonchev–Trinajstić information content (AvgIpc) is 2.99. The van der Waals surface area contributed by atoms with Crippen molar-refractivity contribution in [2.45, 2.75) is 37.6 Å².